The van der Waals surface area contributed by atoms with Gasteiger partial charge in [-0.3, -0.25) is 4.79 Å². The maximum atomic E-state index is 12.9. The molecule has 0 aromatic heterocycles. The second-order valence-electron chi connectivity index (χ2n) is 16.1. The van der Waals surface area contributed by atoms with Crippen LogP contribution in [0.5, 0.6) is 0 Å². The maximum absolute atomic E-state index is 12.9. The van der Waals surface area contributed by atoms with Crippen LogP contribution in [0.15, 0.2) is 42.5 Å². The van der Waals surface area contributed by atoms with Crippen LogP contribution in [0, 0.1) is 56.7 Å². The predicted octanol–water partition coefficient (Wildman–Crippen LogP) is 9.12. The quantitative estimate of drug-likeness (QED) is 0.361. The van der Waals surface area contributed by atoms with Crippen LogP contribution in [0.4, 0.5) is 0 Å². The zero-order valence-electron chi connectivity index (χ0n) is 26.1. The van der Waals surface area contributed by atoms with Crippen LogP contribution < -0.4 is 0 Å². The summed E-state index contributed by atoms with van der Waals surface area (Å²) in [5.74, 6) is 0.684. The molecule has 4 fully saturated rings. The number of carboxylic acids is 2. The number of hydrogen-bond donors (Lipinski definition) is 2. The Kier molecular flexibility index (Phi) is 6.36. The summed E-state index contributed by atoms with van der Waals surface area (Å²) >= 11 is 0. The van der Waals surface area contributed by atoms with Crippen LogP contribution in [-0.4, -0.2) is 22.2 Å². The molecular weight excluding hydrogens is 508 g/mol. The Hall–Kier alpha value is -2.36. The van der Waals surface area contributed by atoms with Gasteiger partial charge in [0.1, 0.15) is 0 Å². The van der Waals surface area contributed by atoms with Crippen molar-refractivity contribution in [3.63, 3.8) is 0 Å². The van der Waals surface area contributed by atoms with E-state index in [-0.39, 0.29) is 27.6 Å². The first-order valence-corrected chi connectivity index (χ1v) is 16.1. The minimum Gasteiger partial charge on any atom is -0.481 e. The molecule has 0 spiro atoms. The van der Waals surface area contributed by atoms with Gasteiger partial charge in [-0.15, -0.1) is 0 Å². The summed E-state index contributed by atoms with van der Waals surface area (Å²) in [6, 6.07) is 7.47. The molecule has 0 amide bonds. The minimum atomic E-state index is -0.882. The average molecular weight is 559 g/mol. The Balaban J connectivity index is 1.37. The van der Waals surface area contributed by atoms with Gasteiger partial charge in [0.25, 0.3) is 0 Å². The number of aliphatic carboxylic acids is 1. The topological polar surface area (TPSA) is 74.6 Å². The Bertz CT molecular complexity index is 1320. The van der Waals surface area contributed by atoms with E-state index in [1.165, 1.54) is 30.4 Å². The monoisotopic (exact) mass is 558 g/mol. The summed E-state index contributed by atoms with van der Waals surface area (Å²) in [4.78, 5) is 24.4. The highest BCUT2D eigenvalue weighted by Crippen LogP contribution is 2.77. The lowest BCUT2D eigenvalue weighted by Crippen LogP contribution is -2.65. The number of carbonyl (C=O) groups is 2. The van der Waals surface area contributed by atoms with Crippen molar-refractivity contribution in [3.05, 3.63) is 53.6 Å². The van der Waals surface area contributed by atoms with Crippen LogP contribution in [0.3, 0.4) is 0 Å². The Morgan fingerprint density at radius 2 is 1.51 bits per heavy atom. The van der Waals surface area contributed by atoms with E-state index in [0.29, 0.717) is 29.2 Å². The summed E-state index contributed by atoms with van der Waals surface area (Å²) in [6.45, 7) is 19.1. The number of hydrogen-bond acceptors (Lipinski definition) is 2. The molecule has 0 radical (unpaired) electrons. The molecule has 0 heterocycles. The van der Waals surface area contributed by atoms with Crippen molar-refractivity contribution in [2.75, 3.05) is 0 Å². The van der Waals surface area contributed by atoms with Crippen LogP contribution in [-0.2, 0) is 4.79 Å². The average Bonchev–Trinajstić information content (AvgIpc) is 3.30. The molecule has 222 valence electrons. The molecule has 3 unspecified atom stereocenters. The lowest BCUT2D eigenvalue weighted by atomic mass is 9.32. The van der Waals surface area contributed by atoms with Gasteiger partial charge in [-0.25, -0.2) is 4.79 Å². The van der Waals surface area contributed by atoms with Crippen LogP contribution >= 0.6 is 0 Å². The first-order chi connectivity index (χ1) is 19.1. The van der Waals surface area contributed by atoms with Crippen LogP contribution in [0.25, 0.3) is 5.57 Å². The third kappa shape index (κ3) is 3.64. The van der Waals surface area contributed by atoms with Crippen molar-refractivity contribution >= 4 is 17.5 Å². The lowest BCUT2D eigenvalue weighted by Gasteiger charge is -2.72. The molecule has 1 aromatic rings. The van der Waals surface area contributed by atoms with E-state index in [4.69, 9.17) is 0 Å². The van der Waals surface area contributed by atoms with Gasteiger partial charge >= 0.3 is 11.9 Å². The third-order valence-corrected chi connectivity index (χ3v) is 14.5. The van der Waals surface area contributed by atoms with Crippen LogP contribution in [0.1, 0.15) is 115 Å². The normalized spacial score (nSPS) is 44.4. The molecule has 0 bridgehead atoms. The molecule has 1 aromatic carbocycles. The van der Waals surface area contributed by atoms with E-state index in [1.54, 1.807) is 12.1 Å². The molecule has 6 rings (SSSR count). The van der Waals surface area contributed by atoms with Crippen molar-refractivity contribution in [2.45, 2.75) is 99.3 Å². The third-order valence-electron chi connectivity index (χ3n) is 14.5. The summed E-state index contributed by atoms with van der Waals surface area (Å²) in [6.07, 6.45) is 11.9. The van der Waals surface area contributed by atoms with E-state index in [2.05, 4.69) is 54.2 Å². The van der Waals surface area contributed by atoms with E-state index >= 15 is 0 Å². The minimum absolute atomic E-state index is 0.0155. The molecule has 2 N–H and O–H groups in total. The molecule has 9 atom stereocenters. The molecule has 5 aliphatic carbocycles. The van der Waals surface area contributed by atoms with Gasteiger partial charge in [-0.1, -0.05) is 65.0 Å². The van der Waals surface area contributed by atoms with Gasteiger partial charge in [-0.05, 0) is 139 Å². The fourth-order valence-electron chi connectivity index (χ4n) is 12.4. The van der Waals surface area contributed by atoms with E-state index in [1.807, 2.05) is 12.1 Å². The number of benzene rings is 1. The van der Waals surface area contributed by atoms with Crippen molar-refractivity contribution < 1.29 is 19.8 Å². The lowest BCUT2D eigenvalue weighted by molar-refractivity contribution is -0.227. The number of allylic oxidation sites excluding steroid dienone is 3. The smallest absolute Gasteiger partial charge is 0.335 e. The molecule has 4 nitrogen and oxygen atoms in total. The summed E-state index contributed by atoms with van der Waals surface area (Å²) in [7, 11) is 0. The number of aromatic carboxylic acids is 1. The second kappa shape index (κ2) is 9.07. The summed E-state index contributed by atoms with van der Waals surface area (Å²) in [5.41, 5.74) is 3.94. The van der Waals surface area contributed by atoms with Gasteiger partial charge in [0.15, 0.2) is 0 Å². The highest BCUT2D eigenvalue weighted by atomic mass is 16.4. The Labute approximate surface area is 246 Å². The largest absolute Gasteiger partial charge is 0.481 e. The van der Waals surface area contributed by atoms with Crippen molar-refractivity contribution in [3.8, 4) is 0 Å². The van der Waals surface area contributed by atoms with E-state index in [9.17, 15) is 19.8 Å². The number of carboxylic acid groups (broad SMARTS) is 2. The fraction of sp³-hybridized carbons (Fsp3) is 0.676. The highest BCUT2D eigenvalue weighted by molar-refractivity contribution is 5.88. The van der Waals surface area contributed by atoms with Gasteiger partial charge < -0.3 is 10.2 Å². The van der Waals surface area contributed by atoms with Gasteiger partial charge in [0, 0.05) is 0 Å². The first-order valence-electron chi connectivity index (χ1n) is 16.1. The Morgan fingerprint density at radius 3 is 2.12 bits per heavy atom. The zero-order valence-corrected chi connectivity index (χ0v) is 26.1. The van der Waals surface area contributed by atoms with Crippen LogP contribution in [0.2, 0.25) is 0 Å². The van der Waals surface area contributed by atoms with Gasteiger partial charge in [0.05, 0.1) is 11.0 Å². The van der Waals surface area contributed by atoms with Crippen molar-refractivity contribution in [1.82, 2.24) is 0 Å². The number of fused-ring (bicyclic) bond motifs is 7. The first kappa shape index (κ1) is 28.7. The predicted molar refractivity (Wildman–Crippen MR) is 163 cm³/mol. The maximum Gasteiger partial charge on any atom is 0.335 e. The van der Waals surface area contributed by atoms with Crippen molar-refractivity contribution in [2.24, 2.45) is 56.7 Å². The molecule has 4 saturated carbocycles. The van der Waals surface area contributed by atoms with E-state index in [0.717, 1.165) is 44.1 Å². The van der Waals surface area contributed by atoms with Gasteiger partial charge in [0.2, 0.25) is 0 Å². The number of rotatable bonds is 4. The fourth-order valence-corrected chi connectivity index (χ4v) is 12.4. The summed E-state index contributed by atoms with van der Waals surface area (Å²) in [5, 5.41) is 20.0. The zero-order chi connectivity index (χ0) is 29.8. The molecule has 0 saturated heterocycles. The van der Waals surface area contributed by atoms with Crippen molar-refractivity contribution in [1.29, 1.82) is 0 Å². The SMILES string of the molecule is C=C(C)[C@@H]1CC[C@]2(C(=O)O)CC[C@]3(C)[C@H](CCC4[C@@]5(C)CC=C(c6ccc(C(=O)O)cc6)C(C)(C)C5CC[C@]43C)C12. The highest BCUT2D eigenvalue weighted by Gasteiger charge is 2.71. The van der Waals surface area contributed by atoms with Gasteiger partial charge in [-0.2, -0.15) is 0 Å². The summed E-state index contributed by atoms with van der Waals surface area (Å²) < 4.78 is 0. The Morgan fingerprint density at radius 1 is 0.829 bits per heavy atom. The molecule has 4 heteroatoms. The standard InChI is InChI=1S/C37H50O4/c1-22(2)25-14-19-37(32(40)41)21-20-35(6)27(30(25)37)12-13-29-34(5)17-15-26(23-8-10-24(11-9-23)31(38)39)33(3,4)28(34)16-18-36(29,35)7/h8-11,15,25,27-30H,1,12-14,16-21H2,2-7H3,(H,38,39)(H,40,41)/t25-,27+,28?,29?,30?,34-,35+,36+,37-/m0/s1. The van der Waals surface area contributed by atoms with E-state index < -0.39 is 17.4 Å². The molecule has 0 aliphatic heterocycles. The molecule has 5 aliphatic rings. The molecular formula is C37H50O4. The molecule has 41 heavy (non-hydrogen) atoms. The second-order valence-corrected chi connectivity index (χ2v) is 16.1.